The lowest BCUT2D eigenvalue weighted by Crippen LogP contribution is -2.51. The van der Waals surface area contributed by atoms with Crippen LogP contribution in [0, 0.1) is 23.2 Å². The van der Waals surface area contributed by atoms with Crippen LogP contribution in [-0.4, -0.2) is 30.8 Å². The fourth-order valence-corrected chi connectivity index (χ4v) is 6.09. The van der Waals surface area contributed by atoms with Crippen LogP contribution >= 0.6 is 11.6 Å². The minimum Gasteiger partial charge on any atom is -0.458 e. The lowest BCUT2D eigenvalue weighted by Gasteiger charge is -2.55. The maximum Gasteiger partial charge on any atom is 0.306 e. The lowest BCUT2D eigenvalue weighted by molar-refractivity contribution is -0.157. The first kappa shape index (κ1) is 20.4. The van der Waals surface area contributed by atoms with E-state index in [1.54, 1.807) is 24.3 Å². The fourth-order valence-electron chi connectivity index (χ4n) is 5.96. The third kappa shape index (κ3) is 4.66. The molecule has 1 amide bonds. The van der Waals surface area contributed by atoms with Gasteiger partial charge >= 0.3 is 5.97 Å². The molecule has 0 unspecified atom stereocenters. The van der Waals surface area contributed by atoms with Crippen molar-refractivity contribution in [3.63, 3.8) is 0 Å². The summed E-state index contributed by atoms with van der Waals surface area (Å²) in [6.07, 6.45) is 7.50. The Morgan fingerprint density at radius 1 is 1.00 bits per heavy atom. The first-order valence-corrected chi connectivity index (χ1v) is 11.0. The van der Waals surface area contributed by atoms with E-state index in [1.165, 1.54) is 19.3 Å². The van der Waals surface area contributed by atoms with Crippen LogP contribution in [-0.2, 0) is 14.3 Å². The van der Waals surface area contributed by atoms with E-state index in [2.05, 4.69) is 5.32 Å². The van der Waals surface area contributed by atoms with Gasteiger partial charge < -0.3 is 10.1 Å². The number of ketones is 1. The van der Waals surface area contributed by atoms with Gasteiger partial charge in [-0.25, -0.2) is 0 Å². The molecule has 156 valence electrons. The zero-order valence-corrected chi connectivity index (χ0v) is 17.4. The molecule has 4 bridgehead atoms. The van der Waals surface area contributed by atoms with Gasteiger partial charge in [0.05, 0.1) is 0 Å². The highest BCUT2D eigenvalue weighted by atomic mass is 35.5. The Morgan fingerprint density at radius 2 is 1.59 bits per heavy atom. The average molecular weight is 418 g/mol. The van der Waals surface area contributed by atoms with Crippen LogP contribution in [0.2, 0.25) is 5.02 Å². The van der Waals surface area contributed by atoms with E-state index >= 15 is 0 Å². The number of amides is 1. The zero-order chi connectivity index (χ0) is 20.4. The Kier molecular flexibility index (Phi) is 5.95. The summed E-state index contributed by atoms with van der Waals surface area (Å²) in [5.41, 5.74) is 0.305. The lowest BCUT2D eigenvalue weighted by atomic mass is 9.48. The Morgan fingerprint density at radius 3 is 2.17 bits per heavy atom. The van der Waals surface area contributed by atoms with Gasteiger partial charge in [0.25, 0.3) is 5.91 Å². The Hall–Kier alpha value is -1.88. The molecule has 5 nitrogen and oxygen atoms in total. The predicted octanol–water partition coefficient (Wildman–Crippen LogP) is 4.18. The van der Waals surface area contributed by atoms with E-state index in [-0.39, 0.29) is 36.1 Å². The molecule has 0 aliphatic heterocycles. The van der Waals surface area contributed by atoms with Crippen LogP contribution in [0.4, 0.5) is 0 Å². The smallest absolute Gasteiger partial charge is 0.306 e. The highest BCUT2D eigenvalue weighted by Gasteiger charge is 2.54. The molecule has 0 aromatic heterocycles. The number of benzene rings is 1. The number of hydrogen-bond acceptors (Lipinski definition) is 4. The second-order valence-electron chi connectivity index (χ2n) is 9.15. The van der Waals surface area contributed by atoms with Crippen molar-refractivity contribution in [1.29, 1.82) is 0 Å². The van der Waals surface area contributed by atoms with Crippen molar-refractivity contribution in [3.05, 3.63) is 34.9 Å². The molecule has 4 saturated carbocycles. The summed E-state index contributed by atoms with van der Waals surface area (Å²) in [6, 6.07) is 6.63. The van der Waals surface area contributed by atoms with Gasteiger partial charge in [0.1, 0.15) is 0 Å². The first-order valence-electron chi connectivity index (χ1n) is 10.7. The monoisotopic (exact) mass is 417 g/mol. The number of Topliss-reactive ketones (excluding diaryl/α,β-unsaturated/α-hetero) is 1. The number of hydrogen-bond donors (Lipinski definition) is 1. The van der Waals surface area contributed by atoms with Gasteiger partial charge in [-0.2, -0.15) is 0 Å². The summed E-state index contributed by atoms with van der Waals surface area (Å²) >= 11 is 5.81. The normalized spacial score (nSPS) is 29.5. The van der Waals surface area contributed by atoms with E-state index in [9.17, 15) is 14.4 Å². The van der Waals surface area contributed by atoms with E-state index in [0.717, 1.165) is 19.3 Å². The van der Waals surface area contributed by atoms with Crippen LogP contribution in [0.25, 0.3) is 0 Å². The molecule has 1 aromatic rings. The second-order valence-corrected chi connectivity index (χ2v) is 9.58. The van der Waals surface area contributed by atoms with Crippen LogP contribution in [0.3, 0.4) is 0 Å². The molecule has 1 N–H and O–H groups in total. The predicted molar refractivity (Wildman–Crippen MR) is 110 cm³/mol. The Balaban J connectivity index is 1.16. The quantitative estimate of drug-likeness (QED) is 0.508. The molecule has 0 atom stereocenters. The number of nitrogens with one attached hydrogen (secondary N) is 1. The maximum atomic E-state index is 12.9. The number of halogens is 1. The maximum absolute atomic E-state index is 12.9. The minimum absolute atomic E-state index is 0.0951. The molecule has 0 heterocycles. The molecule has 4 aliphatic carbocycles. The van der Waals surface area contributed by atoms with Crippen molar-refractivity contribution in [3.8, 4) is 0 Å². The van der Waals surface area contributed by atoms with Gasteiger partial charge in [-0.1, -0.05) is 11.6 Å². The van der Waals surface area contributed by atoms with Crippen LogP contribution in [0.5, 0.6) is 0 Å². The molecule has 4 fully saturated rings. The minimum atomic E-state index is -0.371. The van der Waals surface area contributed by atoms with E-state index in [0.29, 0.717) is 41.3 Å². The number of rotatable bonds is 8. The SMILES string of the molecule is O=C(CCCNC(=O)c1ccc(Cl)cc1)OCC(=O)C12CC3CC(CC(C3)C1)C2. The summed E-state index contributed by atoms with van der Waals surface area (Å²) in [5.74, 6) is 1.65. The number of esters is 1. The third-order valence-electron chi connectivity index (χ3n) is 6.94. The van der Waals surface area contributed by atoms with E-state index in [4.69, 9.17) is 16.3 Å². The number of carbonyl (C=O) groups excluding carboxylic acids is 3. The van der Waals surface area contributed by atoms with Crippen LogP contribution in [0.15, 0.2) is 24.3 Å². The van der Waals surface area contributed by atoms with Crippen molar-refractivity contribution in [2.45, 2.75) is 51.4 Å². The van der Waals surface area contributed by atoms with Crippen LogP contribution in [0.1, 0.15) is 61.7 Å². The van der Waals surface area contributed by atoms with Gasteiger partial charge in [-0.05, 0) is 87.0 Å². The highest BCUT2D eigenvalue weighted by molar-refractivity contribution is 6.30. The Bertz CT molecular complexity index is 753. The fraction of sp³-hybridized carbons (Fsp3) is 0.609. The van der Waals surface area contributed by atoms with Crippen LogP contribution < -0.4 is 5.32 Å². The molecule has 4 aliphatic rings. The second kappa shape index (κ2) is 8.47. The summed E-state index contributed by atoms with van der Waals surface area (Å²) in [4.78, 5) is 36.9. The zero-order valence-electron chi connectivity index (χ0n) is 16.6. The number of carbonyl (C=O) groups is 3. The van der Waals surface area contributed by atoms with Crippen molar-refractivity contribution in [2.24, 2.45) is 23.2 Å². The molecular formula is C23H28ClNO4. The highest BCUT2D eigenvalue weighted by Crippen LogP contribution is 2.60. The van der Waals surface area contributed by atoms with Crippen molar-refractivity contribution in [2.75, 3.05) is 13.2 Å². The van der Waals surface area contributed by atoms with Gasteiger partial charge in [0, 0.05) is 29.0 Å². The molecular weight excluding hydrogens is 390 g/mol. The van der Waals surface area contributed by atoms with Crippen molar-refractivity contribution in [1.82, 2.24) is 5.32 Å². The Labute approximate surface area is 176 Å². The van der Waals surface area contributed by atoms with Gasteiger partial charge in [0.15, 0.2) is 12.4 Å². The largest absolute Gasteiger partial charge is 0.458 e. The van der Waals surface area contributed by atoms with Gasteiger partial charge in [-0.3, -0.25) is 14.4 Å². The molecule has 0 saturated heterocycles. The average Bonchev–Trinajstić information content (AvgIpc) is 2.68. The summed E-state index contributed by atoms with van der Waals surface area (Å²) in [5, 5.41) is 3.35. The number of ether oxygens (including phenoxy) is 1. The van der Waals surface area contributed by atoms with Crippen molar-refractivity contribution >= 4 is 29.3 Å². The van der Waals surface area contributed by atoms with Gasteiger partial charge in [-0.15, -0.1) is 0 Å². The molecule has 0 spiro atoms. The van der Waals surface area contributed by atoms with Gasteiger partial charge in [0.2, 0.25) is 0 Å². The first-order chi connectivity index (χ1) is 13.9. The molecule has 5 rings (SSSR count). The third-order valence-corrected chi connectivity index (χ3v) is 7.20. The molecule has 1 aromatic carbocycles. The van der Waals surface area contributed by atoms with E-state index < -0.39 is 0 Å². The molecule has 29 heavy (non-hydrogen) atoms. The molecule has 0 radical (unpaired) electrons. The topological polar surface area (TPSA) is 72.5 Å². The molecule has 6 heteroatoms. The van der Waals surface area contributed by atoms with E-state index in [1.807, 2.05) is 0 Å². The summed E-state index contributed by atoms with van der Waals surface area (Å²) < 4.78 is 5.28. The summed E-state index contributed by atoms with van der Waals surface area (Å²) in [7, 11) is 0. The van der Waals surface area contributed by atoms with Crippen molar-refractivity contribution < 1.29 is 19.1 Å². The standard InChI is InChI=1S/C23H28ClNO4/c24-19-5-3-18(4-6-19)22(28)25-7-1-2-21(27)29-14-20(26)23-11-15-8-16(12-23)10-17(9-15)13-23/h3-6,15-17H,1-2,7-14H2,(H,25,28). The summed E-state index contributed by atoms with van der Waals surface area (Å²) in [6.45, 7) is 0.279.